The van der Waals surface area contributed by atoms with Gasteiger partial charge in [-0.15, -0.1) is 0 Å². The van der Waals surface area contributed by atoms with E-state index in [4.69, 9.17) is 4.74 Å². The van der Waals surface area contributed by atoms with Gasteiger partial charge < -0.3 is 14.7 Å². The highest BCUT2D eigenvalue weighted by Gasteiger charge is 2.34. The number of alkyl halides is 1. The van der Waals surface area contributed by atoms with Gasteiger partial charge in [-0.3, -0.25) is 9.78 Å². The van der Waals surface area contributed by atoms with Gasteiger partial charge in [-0.05, 0) is 92.4 Å². The third kappa shape index (κ3) is 6.58. The minimum absolute atomic E-state index is 0.0131. The van der Waals surface area contributed by atoms with E-state index in [2.05, 4.69) is 16.8 Å². The van der Waals surface area contributed by atoms with Crippen molar-refractivity contribution < 1.29 is 19.0 Å². The Kier molecular flexibility index (Phi) is 9.60. The number of aliphatic carboxylic acids is 1. The number of hydrogen-bond donors (Lipinski definition) is 1. The first-order valence-electron chi connectivity index (χ1n) is 11.6. The van der Waals surface area contributed by atoms with Gasteiger partial charge in [0.25, 0.3) is 0 Å². The van der Waals surface area contributed by atoms with Crippen LogP contribution in [0.1, 0.15) is 50.8 Å². The lowest BCUT2D eigenvalue weighted by Crippen LogP contribution is -2.44. The summed E-state index contributed by atoms with van der Waals surface area (Å²) in [6, 6.07) is 7.20. The second-order valence-electron chi connectivity index (χ2n) is 8.59. The summed E-state index contributed by atoms with van der Waals surface area (Å²) < 4.78 is 20.6. The fourth-order valence-electron chi connectivity index (χ4n) is 4.60. The van der Waals surface area contributed by atoms with Gasteiger partial charge >= 0.3 is 5.97 Å². The minimum atomic E-state index is -1.16. The summed E-state index contributed by atoms with van der Waals surface area (Å²) in [5, 5.41) is 10.6. The van der Waals surface area contributed by atoms with Crippen LogP contribution < -0.4 is 4.74 Å². The lowest BCUT2D eigenvalue weighted by atomic mass is 9.81. The Balaban J connectivity index is 1.58. The fraction of sp³-hybridized carbons (Fsp3) is 0.600. The maximum Gasteiger partial charge on any atom is 0.308 e. The predicted octanol–water partition coefficient (Wildman–Crippen LogP) is 5.59. The van der Waals surface area contributed by atoms with Crippen LogP contribution in [0.5, 0.6) is 5.75 Å². The normalized spacial score (nSPS) is 20.3. The minimum Gasteiger partial charge on any atom is -0.497 e. The van der Waals surface area contributed by atoms with Gasteiger partial charge in [0.05, 0.1) is 18.5 Å². The molecule has 2 aromatic rings. The third-order valence-electron chi connectivity index (χ3n) is 6.38. The predicted molar refractivity (Wildman–Crippen MR) is 129 cm³/mol. The number of carbonyl (C=O) groups is 1. The van der Waals surface area contributed by atoms with Crippen LogP contribution in [0.2, 0.25) is 0 Å². The van der Waals surface area contributed by atoms with Gasteiger partial charge in [0.2, 0.25) is 0 Å². The number of carboxylic acid groups (broad SMARTS) is 1. The van der Waals surface area contributed by atoms with Gasteiger partial charge in [-0.25, -0.2) is 4.39 Å². The van der Waals surface area contributed by atoms with Crippen LogP contribution >= 0.6 is 11.8 Å². The van der Waals surface area contributed by atoms with E-state index < -0.39 is 18.1 Å². The lowest BCUT2D eigenvalue weighted by molar-refractivity contribution is -0.146. The number of benzene rings is 1. The molecule has 1 saturated heterocycles. The number of fused-ring (bicyclic) bond motifs is 1. The zero-order valence-corrected chi connectivity index (χ0v) is 20.0. The zero-order chi connectivity index (χ0) is 22.9. The summed E-state index contributed by atoms with van der Waals surface area (Å²) in [6.07, 6.45) is 4.47. The molecule has 32 heavy (non-hydrogen) atoms. The lowest BCUT2D eigenvalue weighted by Gasteiger charge is -2.36. The maximum absolute atomic E-state index is 15.3. The Morgan fingerprint density at radius 3 is 2.97 bits per heavy atom. The average Bonchev–Trinajstić information content (AvgIpc) is 2.81. The summed E-state index contributed by atoms with van der Waals surface area (Å²) in [7, 11) is 1.59. The summed E-state index contributed by atoms with van der Waals surface area (Å²) in [5.74, 6) is 1.82. The van der Waals surface area contributed by atoms with Crippen LogP contribution in [-0.2, 0) is 4.79 Å². The summed E-state index contributed by atoms with van der Waals surface area (Å²) in [4.78, 5) is 18.5. The second kappa shape index (κ2) is 12.4. The Morgan fingerprint density at radius 1 is 1.38 bits per heavy atom. The number of pyridine rings is 1. The molecule has 3 rings (SSSR count). The van der Waals surface area contributed by atoms with E-state index in [-0.39, 0.29) is 5.92 Å². The zero-order valence-electron chi connectivity index (χ0n) is 19.1. The molecule has 1 fully saturated rings. The van der Waals surface area contributed by atoms with Crippen LogP contribution in [0.3, 0.4) is 0 Å². The molecular formula is C25H35FN2O3S. The molecule has 0 aliphatic carbocycles. The van der Waals surface area contributed by atoms with E-state index >= 15 is 4.39 Å². The largest absolute Gasteiger partial charge is 0.497 e. The first kappa shape index (κ1) is 24.8. The van der Waals surface area contributed by atoms with E-state index in [1.54, 1.807) is 19.4 Å². The first-order chi connectivity index (χ1) is 15.5. The molecule has 0 spiro atoms. The van der Waals surface area contributed by atoms with Gasteiger partial charge in [0, 0.05) is 18.1 Å². The maximum atomic E-state index is 15.3. The standard InChI is InChI=1S/C25H35FN2O3S/c1-3-14-32-15-4-12-28-13-10-18(22(17-28)25(29)30)5-7-23(26)20-9-11-27-24-8-6-19(31-2)16-21(20)24/h6,8-9,11,16,18,22-23H,3-5,7,10,12-15,17H2,1-2H3,(H,29,30)/t18-,22+,23-/m1/s1. The van der Waals surface area contributed by atoms with E-state index in [0.717, 1.165) is 42.6 Å². The molecule has 1 aliphatic rings. The number of halogens is 1. The van der Waals surface area contributed by atoms with Crippen molar-refractivity contribution in [3.8, 4) is 5.75 Å². The number of piperidine rings is 1. The van der Waals surface area contributed by atoms with Crippen molar-refractivity contribution in [3.63, 3.8) is 0 Å². The molecule has 1 aromatic carbocycles. The summed E-state index contributed by atoms with van der Waals surface area (Å²) in [6.45, 7) is 4.61. The molecule has 0 unspecified atom stereocenters. The quantitative estimate of drug-likeness (QED) is 0.415. The Hall–Kier alpha value is -1.86. The number of aromatic nitrogens is 1. The molecule has 2 heterocycles. The Morgan fingerprint density at radius 2 is 2.22 bits per heavy atom. The van der Waals surface area contributed by atoms with E-state index in [1.165, 1.54) is 12.2 Å². The highest BCUT2D eigenvalue weighted by Crippen LogP contribution is 2.35. The van der Waals surface area contributed by atoms with Crippen molar-refractivity contribution >= 4 is 28.6 Å². The van der Waals surface area contributed by atoms with Crippen molar-refractivity contribution in [1.82, 2.24) is 9.88 Å². The van der Waals surface area contributed by atoms with Crippen molar-refractivity contribution in [3.05, 3.63) is 36.0 Å². The van der Waals surface area contributed by atoms with Gasteiger partial charge in [0.1, 0.15) is 11.9 Å². The van der Waals surface area contributed by atoms with E-state index in [0.29, 0.717) is 30.7 Å². The first-order valence-corrected chi connectivity index (χ1v) is 12.8. The molecule has 0 saturated carbocycles. The number of carboxylic acids is 1. The highest BCUT2D eigenvalue weighted by molar-refractivity contribution is 7.99. The topological polar surface area (TPSA) is 62.7 Å². The fourth-order valence-corrected chi connectivity index (χ4v) is 5.42. The van der Waals surface area contributed by atoms with E-state index in [9.17, 15) is 9.90 Å². The molecule has 1 aromatic heterocycles. The SMILES string of the molecule is CCCSCCCN1CC[C@@H](CC[C@@H](F)c2ccnc3ccc(OC)cc23)[C@@H](C(=O)O)C1. The molecule has 0 amide bonds. The van der Waals surface area contributed by atoms with Crippen LogP contribution in [0.15, 0.2) is 30.5 Å². The van der Waals surface area contributed by atoms with Gasteiger partial charge in [0.15, 0.2) is 0 Å². The number of ether oxygens (including phenoxy) is 1. The molecule has 7 heteroatoms. The number of methoxy groups -OCH3 is 1. The average molecular weight is 463 g/mol. The summed E-state index contributed by atoms with van der Waals surface area (Å²) in [5.41, 5.74) is 1.34. The van der Waals surface area contributed by atoms with E-state index in [1.807, 2.05) is 30.0 Å². The molecule has 1 N–H and O–H groups in total. The number of thioether (sulfide) groups is 1. The van der Waals surface area contributed by atoms with Crippen molar-refractivity contribution in [2.45, 2.75) is 45.2 Å². The highest BCUT2D eigenvalue weighted by atomic mass is 32.2. The second-order valence-corrected chi connectivity index (χ2v) is 9.81. The molecule has 3 atom stereocenters. The van der Waals surface area contributed by atoms with Crippen LogP contribution in [0, 0.1) is 11.8 Å². The third-order valence-corrected chi connectivity index (χ3v) is 7.65. The molecule has 0 bridgehead atoms. The molecular weight excluding hydrogens is 427 g/mol. The monoisotopic (exact) mass is 462 g/mol. The van der Waals surface area contributed by atoms with Gasteiger partial charge in [-0.2, -0.15) is 11.8 Å². The van der Waals surface area contributed by atoms with Crippen molar-refractivity contribution in [1.29, 1.82) is 0 Å². The molecule has 176 valence electrons. The molecule has 5 nitrogen and oxygen atoms in total. The number of likely N-dealkylation sites (tertiary alicyclic amines) is 1. The van der Waals surface area contributed by atoms with Crippen molar-refractivity contribution in [2.75, 3.05) is 38.2 Å². The van der Waals surface area contributed by atoms with Crippen LogP contribution in [0.25, 0.3) is 10.9 Å². The number of rotatable bonds is 12. The molecule has 1 aliphatic heterocycles. The van der Waals surface area contributed by atoms with Crippen molar-refractivity contribution in [2.24, 2.45) is 11.8 Å². The van der Waals surface area contributed by atoms with Crippen LogP contribution in [0.4, 0.5) is 4.39 Å². The Labute approximate surface area is 194 Å². The van der Waals surface area contributed by atoms with Crippen LogP contribution in [-0.4, -0.2) is 59.2 Å². The van der Waals surface area contributed by atoms with Gasteiger partial charge in [-0.1, -0.05) is 6.92 Å². The molecule has 0 radical (unpaired) electrons. The summed E-state index contributed by atoms with van der Waals surface area (Å²) >= 11 is 1.96. The number of nitrogens with zero attached hydrogens (tertiary/aromatic N) is 2. The smallest absolute Gasteiger partial charge is 0.308 e. The number of hydrogen-bond acceptors (Lipinski definition) is 5. The Bertz CT molecular complexity index is 881.